The van der Waals surface area contributed by atoms with Crippen LogP contribution >= 0.6 is 0 Å². The summed E-state index contributed by atoms with van der Waals surface area (Å²) in [6.07, 6.45) is 1.88. The Morgan fingerprint density at radius 1 is 1.40 bits per heavy atom. The van der Waals surface area contributed by atoms with Crippen molar-refractivity contribution in [1.29, 1.82) is 0 Å². The highest BCUT2D eigenvalue weighted by Gasteiger charge is 2.15. The van der Waals surface area contributed by atoms with Crippen molar-refractivity contribution in [3.63, 3.8) is 0 Å². The molecule has 0 aliphatic rings. The minimum absolute atomic E-state index is 0.0574. The number of pyridine rings is 1. The molecule has 3 nitrogen and oxygen atoms in total. The van der Waals surface area contributed by atoms with E-state index in [0.717, 1.165) is 18.8 Å². The van der Waals surface area contributed by atoms with Crippen molar-refractivity contribution in [2.45, 2.75) is 27.3 Å². The molecule has 0 radical (unpaired) electrons. The predicted molar refractivity (Wildman–Crippen MR) is 61.5 cm³/mol. The third-order valence-corrected chi connectivity index (χ3v) is 2.33. The summed E-state index contributed by atoms with van der Waals surface area (Å²) in [5.41, 5.74) is 2.15. The Morgan fingerprint density at radius 2 is 2.13 bits per heavy atom. The molecule has 0 unspecified atom stereocenters. The molecule has 1 aromatic rings. The van der Waals surface area contributed by atoms with Crippen molar-refractivity contribution in [3.8, 4) is 0 Å². The smallest absolute Gasteiger partial charge is 0.0494 e. The van der Waals surface area contributed by atoms with Crippen molar-refractivity contribution in [2.75, 3.05) is 13.2 Å². The highest BCUT2D eigenvalue weighted by Crippen LogP contribution is 2.11. The Hall–Kier alpha value is -0.930. The number of nitrogens with one attached hydrogen (secondary N) is 1. The fraction of sp³-hybridized carbons (Fsp3) is 0.583. The van der Waals surface area contributed by atoms with Gasteiger partial charge < -0.3 is 10.4 Å². The van der Waals surface area contributed by atoms with Crippen LogP contribution in [-0.4, -0.2) is 23.2 Å². The van der Waals surface area contributed by atoms with Gasteiger partial charge in [-0.2, -0.15) is 0 Å². The largest absolute Gasteiger partial charge is 0.396 e. The van der Waals surface area contributed by atoms with E-state index in [9.17, 15) is 0 Å². The zero-order valence-corrected chi connectivity index (χ0v) is 9.75. The summed E-state index contributed by atoms with van der Waals surface area (Å²) >= 11 is 0. The molecule has 0 spiro atoms. The molecule has 1 rings (SSSR count). The summed E-state index contributed by atoms with van der Waals surface area (Å²) in [7, 11) is 0. The van der Waals surface area contributed by atoms with Gasteiger partial charge in [0.05, 0.1) is 0 Å². The van der Waals surface area contributed by atoms with Gasteiger partial charge in [-0.15, -0.1) is 0 Å². The molecule has 15 heavy (non-hydrogen) atoms. The molecule has 84 valence electrons. The molecular weight excluding hydrogens is 188 g/mol. The number of aryl methyl sites for hydroxylation is 1. The molecular formula is C12H20N2O. The molecule has 0 aromatic carbocycles. The van der Waals surface area contributed by atoms with Crippen LogP contribution in [0, 0.1) is 12.3 Å². The molecule has 1 aromatic heterocycles. The van der Waals surface area contributed by atoms with E-state index < -0.39 is 0 Å². The van der Waals surface area contributed by atoms with Crippen LogP contribution in [0.4, 0.5) is 0 Å². The molecule has 2 N–H and O–H groups in total. The van der Waals surface area contributed by atoms with Gasteiger partial charge in [-0.1, -0.05) is 19.9 Å². The predicted octanol–water partition coefficient (Wildman–Crippen LogP) is 1.50. The Kier molecular flexibility index (Phi) is 4.24. The van der Waals surface area contributed by atoms with E-state index in [1.807, 2.05) is 33.0 Å². The maximum absolute atomic E-state index is 9.08. The van der Waals surface area contributed by atoms with E-state index in [4.69, 9.17) is 5.11 Å². The van der Waals surface area contributed by atoms with Crippen molar-refractivity contribution < 1.29 is 5.11 Å². The minimum atomic E-state index is -0.0574. The van der Waals surface area contributed by atoms with Gasteiger partial charge in [0.15, 0.2) is 0 Å². The van der Waals surface area contributed by atoms with Crippen molar-refractivity contribution in [2.24, 2.45) is 5.41 Å². The van der Waals surface area contributed by atoms with Crippen LogP contribution in [-0.2, 0) is 6.54 Å². The van der Waals surface area contributed by atoms with Crippen LogP contribution in [0.2, 0.25) is 0 Å². The van der Waals surface area contributed by atoms with Crippen LogP contribution in [0.1, 0.15) is 25.1 Å². The summed E-state index contributed by atoms with van der Waals surface area (Å²) < 4.78 is 0. The van der Waals surface area contributed by atoms with E-state index in [0.29, 0.717) is 0 Å². The molecule has 0 saturated heterocycles. The number of aromatic nitrogens is 1. The minimum Gasteiger partial charge on any atom is -0.396 e. The van der Waals surface area contributed by atoms with Crippen molar-refractivity contribution >= 4 is 0 Å². The van der Waals surface area contributed by atoms with Crippen LogP contribution in [0.25, 0.3) is 0 Å². The average Bonchev–Trinajstić information content (AvgIpc) is 2.21. The van der Waals surface area contributed by atoms with Gasteiger partial charge >= 0.3 is 0 Å². The first-order valence-corrected chi connectivity index (χ1v) is 5.27. The first-order valence-electron chi connectivity index (χ1n) is 5.27. The number of nitrogens with zero attached hydrogens (tertiary/aromatic N) is 1. The molecule has 0 bridgehead atoms. The maximum atomic E-state index is 9.08. The summed E-state index contributed by atoms with van der Waals surface area (Å²) in [5.74, 6) is 0. The molecule has 0 aliphatic carbocycles. The summed E-state index contributed by atoms with van der Waals surface area (Å²) in [6, 6.07) is 4.08. The molecule has 0 amide bonds. The van der Waals surface area contributed by atoms with Gasteiger partial charge in [0.2, 0.25) is 0 Å². The lowest BCUT2D eigenvalue weighted by Crippen LogP contribution is -2.31. The average molecular weight is 208 g/mol. The Balaban J connectivity index is 2.35. The van der Waals surface area contributed by atoms with Gasteiger partial charge in [0.25, 0.3) is 0 Å². The Bertz CT molecular complexity index is 293. The van der Waals surface area contributed by atoms with Gasteiger partial charge in [-0.3, -0.25) is 4.98 Å². The summed E-state index contributed by atoms with van der Waals surface area (Å²) in [4.78, 5) is 4.22. The van der Waals surface area contributed by atoms with E-state index in [1.54, 1.807) is 0 Å². The summed E-state index contributed by atoms with van der Waals surface area (Å²) in [6.45, 7) is 7.85. The van der Waals surface area contributed by atoms with Gasteiger partial charge in [-0.05, 0) is 18.6 Å². The second-order valence-corrected chi connectivity index (χ2v) is 4.73. The molecule has 0 atom stereocenters. The number of hydrogen-bond acceptors (Lipinski definition) is 3. The van der Waals surface area contributed by atoms with Gasteiger partial charge in [0, 0.05) is 37.0 Å². The third-order valence-electron chi connectivity index (χ3n) is 2.33. The van der Waals surface area contributed by atoms with E-state index >= 15 is 0 Å². The summed E-state index contributed by atoms with van der Waals surface area (Å²) in [5, 5.41) is 12.4. The lowest BCUT2D eigenvalue weighted by Gasteiger charge is -2.21. The number of aliphatic hydroxyl groups is 1. The van der Waals surface area contributed by atoms with Crippen molar-refractivity contribution in [3.05, 3.63) is 29.6 Å². The zero-order valence-electron chi connectivity index (χ0n) is 9.75. The highest BCUT2D eigenvalue weighted by atomic mass is 16.3. The second kappa shape index (κ2) is 5.24. The van der Waals surface area contributed by atoms with Crippen LogP contribution < -0.4 is 5.32 Å². The Labute approximate surface area is 91.5 Å². The number of hydrogen-bond donors (Lipinski definition) is 2. The first-order chi connectivity index (χ1) is 7.03. The highest BCUT2D eigenvalue weighted by molar-refractivity contribution is 5.12. The molecule has 0 aliphatic heterocycles. The molecule has 1 heterocycles. The standard InChI is InChI=1S/C12H20N2O/c1-10-4-5-11(7-14-10)6-13-8-12(2,3)9-15/h4-5,7,13,15H,6,8-9H2,1-3H3. The first kappa shape index (κ1) is 12.1. The van der Waals surface area contributed by atoms with Crippen molar-refractivity contribution in [1.82, 2.24) is 10.3 Å². The van der Waals surface area contributed by atoms with Gasteiger partial charge in [-0.25, -0.2) is 0 Å². The molecule has 3 heteroatoms. The quantitative estimate of drug-likeness (QED) is 0.770. The lowest BCUT2D eigenvalue weighted by atomic mass is 9.95. The maximum Gasteiger partial charge on any atom is 0.0494 e. The molecule has 0 fully saturated rings. The second-order valence-electron chi connectivity index (χ2n) is 4.73. The van der Waals surface area contributed by atoms with Gasteiger partial charge in [0.1, 0.15) is 0 Å². The number of aliphatic hydroxyl groups excluding tert-OH is 1. The monoisotopic (exact) mass is 208 g/mol. The fourth-order valence-electron chi connectivity index (χ4n) is 1.20. The van der Waals surface area contributed by atoms with Crippen LogP contribution in [0.15, 0.2) is 18.3 Å². The lowest BCUT2D eigenvalue weighted by molar-refractivity contribution is 0.156. The SMILES string of the molecule is Cc1ccc(CNCC(C)(C)CO)cn1. The third kappa shape index (κ3) is 4.40. The fourth-order valence-corrected chi connectivity index (χ4v) is 1.20. The number of rotatable bonds is 5. The topological polar surface area (TPSA) is 45.1 Å². The normalized spacial score (nSPS) is 11.7. The van der Waals surface area contributed by atoms with E-state index in [2.05, 4.69) is 16.4 Å². The van der Waals surface area contributed by atoms with Crippen LogP contribution in [0.3, 0.4) is 0 Å². The van der Waals surface area contributed by atoms with Crippen LogP contribution in [0.5, 0.6) is 0 Å². The van der Waals surface area contributed by atoms with E-state index in [-0.39, 0.29) is 12.0 Å². The van der Waals surface area contributed by atoms with E-state index in [1.165, 1.54) is 5.56 Å². The zero-order chi connectivity index (χ0) is 11.3. The molecule has 0 saturated carbocycles. The Morgan fingerprint density at radius 3 is 2.67 bits per heavy atom.